The average Bonchev–Trinajstić information content (AvgIpc) is 1.74. The molecule has 25 heteroatoms. The van der Waals surface area contributed by atoms with Crippen molar-refractivity contribution in [1.82, 2.24) is 77.0 Å². The molecule has 0 radical (unpaired) electrons. The van der Waals surface area contributed by atoms with Crippen molar-refractivity contribution in [1.29, 1.82) is 0 Å². The predicted molar refractivity (Wildman–Crippen MR) is 507 cm³/mol. The average molecular weight is 1750 g/mol. The number of ether oxygens (including phenoxy) is 1. The predicted octanol–water partition coefficient (Wildman–Crippen LogP) is 19.6. The summed E-state index contributed by atoms with van der Waals surface area (Å²) in [6.45, 7) is 19.0. The normalized spacial score (nSPS) is 14.5. The van der Waals surface area contributed by atoms with E-state index in [0.717, 1.165) is 183 Å². The van der Waals surface area contributed by atoms with Crippen LogP contribution in [0.1, 0.15) is 62.5 Å². The molecule has 9 aromatic carbocycles. The van der Waals surface area contributed by atoms with E-state index in [4.69, 9.17) is 16.3 Å². The largest absolute Gasteiger partial charge is 0.457 e. The minimum Gasteiger partial charge on any atom is -0.457 e. The Kier molecular flexibility index (Phi) is 26.3. The Hall–Kier alpha value is -13.6. The van der Waals surface area contributed by atoms with E-state index in [2.05, 4.69) is 103 Å². The molecule has 4 aliphatic heterocycles. The van der Waals surface area contributed by atoms with Gasteiger partial charge >= 0.3 is 6.18 Å². The van der Waals surface area contributed by atoms with Crippen LogP contribution in [0.4, 0.5) is 13.2 Å². The Bertz CT molecular complexity index is 7070. The molecule has 654 valence electrons. The van der Waals surface area contributed by atoms with Crippen LogP contribution in [-0.2, 0) is 32.4 Å². The molecule has 0 amide bonds. The molecule has 0 aliphatic carbocycles. The summed E-state index contributed by atoms with van der Waals surface area (Å²) in [6, 6.07) is 76.1. The van der Waals surface area contributed by atoms with Crippen molar-refractivity contribution >= 4 is 55.2 Å². The number of pyridine rings is 4. The van der Waals surface area contributed by atoms with E-state index in [1.807, 2.05) is 194 Å². The summed E-state index contributed by atoms with van der Waals surface area (Å²) in [4.78, 5) is 61.4. The van der Waals surface area contributed by atoms with Crippen molar-refractivity contribution in [2.24, 2.45) is 0 Å². The van der Waals surface area contributed by atoms with Gasteiger partial charge in [0.15, 0.2) is 0 Å². The first-order valence-corrected chi connectivity index (χ1v) is 44.8. The standard InChI is InChI=1S/C30H28N4O2.C25H23F3N4O.C25H26N4O.C24H23ClN4O/c35-30-21-24(23-7-6-10-28(20-23)36-27-8-2-1-3-9-27)13-16-33(30)26-11-12-29-25(19-26)22-31-34(29)18-17-32-14-4-5-15-32;26-25(27,28)21-5-3-4-18(14-21)19-8-11-31(24(33)16-19)22-6-7-23-20(15-22)17-29-32(23)13-12-30-9-1-2-10-30;1-19-4-6-20(7-5-19)21-10-13-28(25(30)17-21)23-8-9-24-22(16-23)18-26-29(24)15-14-27-11-2-3-12-27;25-21-5-3-4-18(14-21)19-8-11-28(24(30)16-19)22-6-7-23-20(15-22)17-26-29(23)13-12-27-9-1-2-10-27/h1-3,6-13,16,19-22H,4-5,14-15,17-18H2;3-8,11,14-17H,1-2,9-10,12-13H2;4-10,13,16-18H,2-3,11-12,14-15H2,1H3;3-8,11,14-17H,1-2,9-10,12-13H2. The van der Waals surface area contributed by atoms with E-state index in [1.54, 1.807) is 56.4 Å². The van der Waals surface area contributed by atoms with Crippen molar-refractivity contribution < 1.29 is 17.9 Å². The number of para-hydroxylation sites is 1. The molecule has 0 unspecified atom stereocenters. The number of alkyl halides is 3. The van der Waals surface area contributed by atoms with Crippen molar-refractivity contribution in [3.05, 3.63) is 356 Å². The fraction of sp³-hybridized carbons (Fsp3) is 0.250. The maximum atomic E-state index is 13.1. The number of aryl methyl sites for hydroxylation is 1. The maximum Gasteiger partial charge on any atom is 0.416 e. The zero-order valence-electron chi connectivity index (χ0n) is 72.0. The number of likely N-dealkylation sites (tertiary alicyclic amines) is 4. The van der Waals surface area contributed by atoms with Crippen molar-refractivity contribution in [3.63, 3.8) is 0 Å². The number of nitrogens with zero attached hydrogens (tertiary/aromatic N) is 16. The number of hydrogen-bond acceptors (Lipinski definition) is 13. The first-order valence-electron chi connectivity index (χ1n) is 44.4. The van der Waals surface area contributed by atoms with Crippen LogP contribution in [-0.4, -0.2) is 156 Å². The molecular formula is C104H100ClF3N16O5. The Morgan fingerprint density at radius 1 is 0.302 bits per heavy atom. The van der Waals surface area contributed by atoms with Gasteiger partial charge in [-0.25, -0.2) is 0 Å². The molecule has 0 spiro atoms. The van der Waals surface area contributed by atoms with Crippen molar-refractivity contribution in [2.75, 3.05) is 78.5 Å². The fourth-order valence-electron chi connectivity index (χ4n) is 17.7. The monoisotopic (exact) mass is 1740 g/mol. The number of rotatable bonds is 22. The van der Waals surface area contributed by atoms with Crippen LogP contribution >= 0.6 is 11.6 Å². The number of fused-ring (bicyclic) bond motifs is 4. The highest BCUT2D eigenvalue weighted by Crippen LogP contribution is 2.34. The van der Waals surface area contributed by atoms with Gasteiger partial charge in [0.1, 0.15) is 11.5 Å². The van der Waals surface area contributed by atoms with Gasteiger partial charge in [-0.1, -0.05) is 96.0 Å². The summed E-state index contributed by atoms with van der Waals surface area (Å²) < 4.78 is 59.7. The Labute approximate surface area is 749 Å². The van der Waals surface area contributed by atoms with E-state index in [0.29, 0.717) is 21.8 Å². The van der Waals surface area contributed by atoms with Gasteiger partial charge in [0.05, 0.1) is 78.6 Å². The van der Waals surface area contributed by atoms with Crippen LogP contribution < -0.4 is 27.0 Å². The molecule has 4 aliphatic rings. The molecule has 12 heterocycles. The highest BCUT2D eigenvalue weighted by molar-refractivity contribution is 6.30. The van der Waals surface area contributed by atoms with E-state index in [9.17, 15) is 32.3 Å². The van der Waals surface area contributed by atoms with Crippen LogP contribution in [0.5, 0.6) is 11.5 Å². The first kappa shape index (κ1) is 86.1. The summed E-state index contributed by atoms with van der Waals surface area (Å²) in [5, 5.41) is 23.0. The molecule has 4 saturated heterocycles. The maximum absolute atomic E-state index is 13.1. The smallest absolute Gasteiger partial charge is 0.416 e. The second-order valence-electron chi connectivity index (χ2n) is 33.5. The fourth-order valence-corrected chi connectivity index (χ4v) is 17.9. The third-order valence-electron chi connectivity index (χ3n) is 24.8. The molecule has 0 saturated carbocycles. The summed E-state index contributed by atoms with van der Waals surface area (Å²) >= 11 is 6.08. The second kappa shape index (κ2) is 39.3. The van der Waals surface area contributed by atoms with Gasteiger partial charge in [0, 0.05) is 125 Å². The highest BCUT2D eigenvalue weighted by Gasteiger charge is 2.31. The van der Waals surface area contributed by atoms with E-state index in [-0.39, 0.29) is 22.2 Å². The SMILES string of the molecule is Cc1ccc(-c2ccn(-c3ccc4c(cnn4CCN4CCCC4)c3)c(=O)c2)cc1.O=c1cc(-c2cccc(C(F)(F)F)c2)ccn1-c1ccc2c(cnn2CCN2CCCC2)c1.O=c1cc(-c2cccc(Cl)c2)ccn1-c1ccc2c(cnn2CCN2CCCC2)c1.O=c1cc(-c2cccc(Oc3ccccc3)c2)ccn1-c1ccc2c(cnn2CCN2CCCC2)c1. The quantitative estimate of drug-likeness (QED) is 0.0626. The Morgan fingerprint density at radius 2 is 0.612 bits per heavy atom. The second-order valence-corrected chi connectivity index (χ2v) is 34.0. The van der Waals surface area contributed by atoms with E-state index < -0.39 is 11.7 Å². The van der Waals surface area contributed by atoms with Gasteiger partial charge in [0.25, 0.3) is 22.2 Å². The molecule has 0 N–H and O–H groups in total. The molecule has 21 nitrogen and oxygen atoms in total. The summed E-state index contributed by atoms with van der Waals surface area (Å²) in [6.07, 6.45) is 20.4. The van der Waals surface area contributed by atoms with Gasteiger partial charge in [-0.2, -0.15) is 33.6 Å². The Morgan fingerprint density at radius 3 is 0.953 bits per heavy atom. The number of hydrogen-bond donors (Lipinski definition) is 0. The highest BCUT2D eigenvalue weighted by atomic mass is 35.5. The van der Waals surface area contributed by atoms with Crippen molar-refractivity contribution in [3.8, 4) is 78.8 Å². The lowest BCUT2D eigenvalue weighted by molar-refractivity contribution is -0.137. The minimum atomic E-state index is -4.43. The van der Waals surface area contributed by atoms with E-state index in [1.165, 1.54) is 113 Å². The van der Waals surface area contributed by atoms with Gasteiger partial charge in [-0.15, -0.1) is 0 Å². The molecule has 8 aromatic heterocycles. The molecule has 0 bridgehead atoms. The molecule has 21 rings (SSSR count). The molecule has 0 atom stereocenters. The van der Waals surface area contributed by atoms with Crippen LogP contribution in [0.2, 0.25) is 5.02 Å². The van der Waals surface area contributed by atoms with Crippen LogP contribution in [0.25, 0.3) is 111 Å². The topological polar surface area (TPSA) is 181 Å². The summed E-state index contributed by atoms with van der Waals surface area (Å²) in [5.74, 6) is 1.51. The van der Waals surface area contributed by atoms with Gasteiger partial charge in [-0.05, 0) is 301 Å². The Balaban J connectivity index is 0.000000116. The van der Waals surface area contributed by atoms with Crippen molar-refractivity contribution in [2.45, 2.75) is 90.6 Å². The summed E-state index contributed by atoms with van der Waals surface area (Å²) in [5.41, 5.74) is 13.9. The van der Waals surface area contributed by atoms with Gasteiger partial charge in [-0.3, -0.25) is 56.2 Å². The first-order chi connectivity index (χ1) is 62.9. The van der Waals surface area contributed by atoms with Gasteiger partial charge < -0.3 is 24.3 Å². The molecular weight excluding hydrogens is 1650 g/mol. The zero-order valence-corrected chi connectivity index (χ0v) is 72.7. The van der Waals surface area contributed by atoms with Crippen LogP contribution in [0.3, 0.4) is 0 Å². The lowest BCUT2D eigenvalue weighted by atomic mass is 10.0. The van der Waals surface area contributed by atoms with Crippen LogP contribution in [0.15, 0.2) is 317 Å². The number of aromatic nitrogens is 12. The molecule has 17 aromatic rings. The third-order valence-corrected chi connectivity index (χ3v) is 25.0. The third kappa shape index (κ3) is 20.7. The lowest BCUT2D eigenvalue weighted by Crippen LogP contribution is -2.24. The number of halogens is 4. The minimum absolute atomic E-state index is 0.0335. The lowest BCUT2D eigenvalue weighted by Gasteiger charge is -2.14. The zero-order chi connectivity index (χ0) is 88.3. The number of benzene rings is 9. The molecule has 4 fully saturated rings. The van der Waals surface area contributed by atoms with E-state index >= 15 is 0 Å². The van der Waals surface area contributed by atoms with Gasteiger partial charge in [0.2, 0.25) is 0 Å². The molecule has 129 heavy (non-hydrogen) atoms. The summed E-state index contributed by atoms with van der Waals surface area (Å²) in [7, 11) is 0. The van der Waals surface area contributed by atoms with Crippen LogP contribution in [0, 0.1) is 6.92 Å².